The maximum absolute atomic E-state index is 8.85. The van der Waals surface area contributed by atoms with Crippen LogP contribution in [-0.4, -0.2) is 24.7 Å². The van der Waals surface area contributed by atoms with E-state index in [-0.39, 0.29) is 6.61 Å². The SMILES string of the molecule is Cn1cc(Cn2cc(CO)cn2)cn1. The van der Waals surface area contributed by atoms with Gasteiger partial charge in [-0.3, -0.25) is 9.36 Å². The van der Waals surface area contributed by atoms with Crippen LogP contribution in [0.5, 0.6) is 0 Å². The van der Waals surface area contributed by atoms with Gasteiger partial charge in [0.15, 0.2) is 0 Å². The number of hydrogen-bond donors (Lipinski definition) is 1. The molecule has 0 amide bonds. The number of aryl methyl sites for hydroxylation is 1. The summed E-state index contributed by atoms with van der Waals surface area (Å²) in [4.78, 5) is 0. The first kappa shape index (κ1) is 8.96. The van der Waals surface area contributed by atoms with E-state index in [9.17, 15) is 0 Å². The molecule has 2 rings (SSSR count). The van der Waals surface area contributed by atoms with Crippen molar-refractivity contribution in [2.45, 2.75) is 13.2 Å². The third kappa shape index (κ3) is 1.82. The average molecular weight is 192 g/mol. The van der Waals surface area contributed by atoms with Crippen LogP contribution in [0.3, 0.4) is 0 Å². The molecule has 0 aliphatic rings. The predicted octanol–water partition coefficient (Wildman–Crippen LogP) is 0.157. The van der Waals surface area contributed by atoms with Gasteiger partial charge in [0.25, 0.3) is 0 Å². The molecule has 0 fully saturated rings. The van der Waals surface area contributed by atoms with Crippen molar-refractivity contribution in [2.75, 3.05) is 0 Å². The molecule has 0 spiro atoms. The lowest BCUT2D eigenvalue weighted by molar-refractivity contribution is 0.281. The van der Waals surface area contributed by atoms with Gasteiger partial charge in [-0.25, -0.2) is 0 Å². The molecule has 5 heteroatoms. The minimum absolute atomic E-state index is 0.0348. The van der Waals surface area contributed by atoms with Crippen LogP contribution in [-0.2, 0) is 20.2 Å². The second-order valence-electron chi connectivity index (χ2n) is 3.23. The van der Waals surface area contributed by atoms with Crippen LogP contribution in [0.4, 0.5) is 0 Å². The lowest BCUT2D eigenvalue weighted by Crippen LogP contribution is -1.98. The summed E-state index contributed by atoms with van der Waals surface area (Å²) in [5.74, 6) is 0. The van der Waals surface area contributed by atoms with Gasteiger partial charge in [0.05, 0.1) is 25.5 Å². The summed E-state index contributed by atoms with van der Waals surface area (Å²) in [7, 11) is 1.88. The van der Waals surface area contributed by atoms with Crippen LogP contribution in [0.15, 0.2) is 24.8 Å². The summed E-state index contributed by atoms with van der Waals surface area (Å²) in [6, 6.07) is 0. The van der Waals surface area contributed by atoms with E-state index in [1.807, 2.05) is 19.4 Å². The monoisotopic (exact) mass is 192 g/mol. The number of aliphatic hydroxyl groups is 1. The normalized spacial score (nSPS) is 10.7. The Morgan fingerprint density at radius 3 is 2.57 bits per heavy atom. The van der Waals surface area contributed by atoms with Gasteiger partial charge in [-0.1, -0.05) is 0 Å². The summed E-state index contributed by atoms with van der Waals surface area (Å²) in [6.45, 7) is 0.723. The molecule has 0 aliphatic carbocycles. The molecular weight excluding hydrogens is 180 g/mol. The van der Waals surface area contributed by atoms with E-state index >= 15 is 0 Å². The summed E-state index contributed by atoms with van der Waals surface area (Å²) in [5, 5.41) is 17.0. The van der Waals surface area contributed by atoms with Crippen molar-refractivity contribution in [3.8, 4) is 0 Å². The van der Waals surface area contributed by atoms with Gasteiger partial charge in [0.1, 0.15) is 0 Å². The zero-order chi connectivity index (χ0) is 9.97. The van der Waals surface area contributed by atoms with Crippen molar-refractivity contribution in [1.29, 1.82) is 0 Å². The topological polar surface area (TPSA) is 55.9 Å². The molecule has 0 aromatic carbocycles. The molecule has 2 aromatic rings. The highest BCUT2D eigenvalue weighted by molar-refractivity contribution is 5.07. The van der Waals surface area contributed by atoms with Crippen LogP contribution < -0.4 is 0 Å². The quantitative estimate of drug-likeness (QED) is 0.753. The van der Waals surface area contributed by atoms with Gasteiger partial charge in [-0.15, -0.1) is 0 Å². The molecule has 2 heterocycles. The summed E-state index contributed by atoms with van der Waals surface area (Å²) in [6.07, 6.45) is 7.24. The van der Waals surface area contributed by atoms with E-state index < -0.39 is 0 Å². The van der Waals surface area contributed by atoms with Gasteiger partial charge in [-0.2, -0.15) is 10.2 Å². The first-order valence-corrected chi connectivity index (χ1v) is 4.37. The largest absolute Gasteiger partial charge is 0.392 e. The number of rotatable bonds is 3. The number of aliphatic hydroxyl groups excluding tert-OH is 1. The fourth-order valence-corrected chi connectivity index (χ4v) is 1.32. The Morgan fingerprint density at radius 1 is 1.21 bits per heavy atom. The van der Waals surface area contributed by atoms with E-state index in [1.54, 1.807) is 21.8 Å². The third-order valence-electron chi connectivity index (χ3n) is 1.97. The van der Waals surface area contributed by atoms with Gasteiger partial charge in [0, 0.05) is 30.6 Å². The third-order valence-corrected chi connectivity index (χ3v) is 1.97. The fraction of sp³-hybridized carbons (Fsp3) is 0.333. The molecule has 14 heavy (non-hydrogen) atoms. The molecule has 0 saturated carbocycles. The molecular formula is C9H12N4O. The van der Waals surface area contributed by atoms with Crippen molar-refractivity contribution in [3.63, 3.8) is 0 Å². The first-order chi connectivity index (χ1) is 6.78. The molecule has 1 N–H and O–H groups in total. The highest BCUT2D eigenvalue weighted by Crippen LogP contribution is 2.02. The van der Waals surface area contributed by atoms with Gasteiger partial charge in [0.2, 0.25) is 0 Å². The van der Waals surface area contributed by atoms with E-state index in [0.717, 1.165) is 11.1 Å². The van der Waals surface area contributed by atoms with Crippen molar-refractivity contribution in [1.82, 2.24) is 19.6 Å². The summed E-state index contributed by atoms with van der Waals surface area (Å²) in [5.41, 5.74) is 1.92. The lowest BCUT2D eigenvalue weighted by Gasteiger charge is -1.96. The van der Waals surface area contributed by atoms with Crippen molar-refractivity contribution in [2.24, 2.45) is 7.05 Å². The zero-order valence-corrected chi connectivity index (χ0v) is 7.96. The highest BCUT2D eigenvalue weighted by atomic mass is 16.3. The number of hydrogen-bond acceptors (Lipinski definition) is 3. The van der Waals surface area contributed by atoms with E-state index in [4.69, 9.17) is 5.11 Å². The lowest BCUT2D eigenvalue weighted by atomic mass is 10.3. The van der Waals surface area contributed by atoms with E-state index in [1.165, 1.54) is 0 Å². The Hall–Kier alpha value is -1.62. The molecule has 0 atom stereocenters. The summed E-state index contributed by atoms with van der Waals surface area (Å²) < 4.78 is 3.54. The maximum Gasteiger partial charge on any atom is 0.0712 e. The van der Waals surface area contributed by atoms with Crippen LogP contribution in [0.2, 0.25) is 0 Å². The molecule has 0 saturated heterocycles. The zero-order valence-electron chi connectivity index (χ0n) is 7.96. The highest BCUT2D eigenvalue weighted by Gasteiger charge is 2.00. The molecule has 5 nitrogen and oxygen atoms in total. The van der Waals surface area contributed by atoms with Crippen LogP contribution in [0.25, 0.3) is 0 Å². The van der Waals surface area contributed by atoms with Gasteiger partial charge >= 0.3 is 0 Å². The molecule has 2 aromatic heterocycles. The van der Waals surface area contributed by atoms with Crippen LogP contribution >= 0.6 is 0 Å². The van der Waals surface area contributed by atoms with Gasteiger partial charge in [-0.05, 0) is 0 Å². The Kier molecular flexibility index (Phi) is 2.32. The van der Waals surface area contributed by atoms with E-state index in [2.05, 4.69) is 10.2 Å². The Balaban J connectivity index is 2.10. The minimum Gasteiger partial charge on any atom is -0.392 e. The maximum atomic E-state index is 8.85. The fourth-order valence-electron chi connectivity index (χ4n) is 1.32. The molecule has 0 bridgehead atoms. The number of nitrogens with zero attached hydrogens (tertiary/aromatic N) is 4. The second-order valence-corrected chi connectivity index (χ2v) is 3.23. The van der Waals surface area contributed by atoms with Crippen molar-refractivity contribution < 1.29 is 5.11 Å². The second kappa shape index (κ2) is 3.63. The molecule has 0 aliphatic heterocycles. The summed E-state index contributed by atoms with van der Waals surface area (Å²) >= 11 is 0. The average Bonchev–Trinajstić information content (AvgIpc) is 2.76. The Labute approximate surface area is 81.6 Å². The van der Waals surface area contributed by atoms with Gasteiger partial charge < -0.3 is 5.11 Å². The minimum atomic E-state index is 0.0348. The van der Waals surface area contributed by atoms with Crippen LogP contribution in [0.1, 0.15) is 11.1 Å². The smallest absolute Gasteiger partial charge is 0.0712 e. The Morgan fingerprint density at radius 2 is 2.00 bits per heavy atom. The number of aromatic nitrogens is 4. The predicted molar refractivity (Wildman–Crippen MR) is 50.5 cm³/mol. The first-order valence-electron chi connectivity index (χ1n) is 4.37. The molecule has 74 valence electrons. The molecule has 0 radical (unpaired) electrons. The standard InChI is InChI=1S/C9H12N4O/c1-12-4-8(2-10-12)5-13-6-9(7-14)3-11-13/h2-4,6,14H,5,7H2,1H3. The van der Waals surface area contributed by atoms with Crippen molar-refractivity contribution >= 4 is 0 Å². The Bertz CT molecular complexity index is 418. The van der Waals surface area contributed by atoms with Crippen molar-refractivity contribution in [3.05, 3.63) is 35.9 Å². The van der Waals surface area contributed by atoms with E-state index in [0.29, 0.717) is 6.54 Å². The molecule has 0 unspecified atom stereocenters. The van der Waals surface area contributed by atoms with Crippen LogP contribution in [0, 0.1) is 0 Å².